The number of hydrogen-bond acceptors (Lipinski definition) is 6. The molecule has 2 heterocycles. The van der Waals surface area contributed by atoms with Crippen molar-refractivity contribution < 1.29 is 14.5 Å². The molecule has 0 saturated heterocycles. The van der Waals surface area contributed by atoms with E-state index in [-0.39, 0.29) is 40.3 Å². The number of anilines is 1. The minimum Gasteiger partial charge on any atom is -0.350 e. The fourth-order valence-corrected chi connectivity index (χ4v) is 2.87. The number of hydrogen-bond donors (Lipinski definition) is 2. The Morgan fingerprint density at radius 3 is 2.41 bits per heavy atom. The van der Waals surface area contributed by atoms with Crippen molar-refractivity contribution in [2.75, 3.05) is 11.9 Å². The van der Waals surface area contributed by atoms with Crippen LogP contribution in [0.1, 0.15) is 55.6 Å². The average molecular weight is 405 g/mol. The maximum atomic E-state index is 12.8. The van der Waals surface area contributed by atoms with E-state index in [1.807, 2.05) is 20.8 Å². The van der Waals surface area contributed by atoms with E-state index in [9.17, 15) is 19.7 Å². The van der Waals surface area contributed by atoms with E-state index in [1.54, 1.807) is 24.7 Å². The number of amides is 2. The van der Waals surface area contributed by atoms with Gasteiger partial charge in [0.25, 0.3) is 5.91 Å². The largest absolute Gasteiger partial charge is 0.350 e. The Balaban J connectivity index is 2.26. The van der Waals surface area contributed by atoms with Crippen molar-refractivity contribution in [1.29, 1.82) is 0 Å². The molecule has 0 aliphatic heterocycles. The Morgan fingerprint density at radius 2 is 1.90 bits per heavy atom. The molecular weight excluding hydrogens is 378 g/mol. The molecule has 2 rings (SSSR count). The smallest absolute Gasteiger partial charge is 0.312 e. The van der Waals surface area contributed by atoms with Crippen LogP contribution in [0.15, 0.2) is 6.20 Å². The van der Waals surface area contributed by atoms with Crippen LogP contribution in [0.3, 0.4) is 0 Å². The van der Waals surface area contributed by atoms with E-state index in [0.717, 1.165) is 0 Å². The van der Waals surface area contributed by atoms with E-state index in [0.29, 0.717) is 13.1 Å². The van der Waals surface area contributed by atoms with Crippen LogP contribution in [-0.4, -0.2) is 42.8 Å². The van der Waals surface area contributed by atoms with Crippen molar-refractivity contribution in [1.82, 2.24) is 24.9 Å². The maximum absolute atomic E-state index is 12.8. The van der Waals surface area contributed by atoms with Gasteiger partial charge in [0, 0.05) is 19.3 Å². The Kier molecular flexibility index (Phi) is 6.72. The van der Waals surface area contributed by atoms with Crippen molar-refractivity contribution >= 4 is 23.2 Å². The number of nitrogens with one attached hydrogen (secondary N) is 2. The molecule has 2 amide bonds. The van der Waals surface area contributed by atoms with Gasteiger partial charge >= 0.3 is 5.69 Å². The molecule has 0 aliphatic carbocycles. The highest BCUT2D eigenvalue weighted by Crippen LogP contribution is 2.25. The first-order chi connectivity index (χ1) is 13.6. The van der Waals surface area contributed by atoms with Gasteiger partial charge in [0.15, 0.2) is 5.69 Å². The summed E-state index contributed by atoms with van der Waals surface area (Å²) in [6.07, 6.45) is 1.58. The third-order valence-electron chi connectivity index (χ3n) is 4.45. The normalized spacial score (nSPS) is 12.1. The number of aromatic nitrogens is 4. The van der Waals surface area contributed by atoms with Crippen molar-refractivity contribution in [3.05, 3.63) is 33.4 Å². The Hall–Kier alpha value is -3.24. The molecular formula is C18H27N7O4. The Bertz CT molecular complexity index is 929. The predicted octanol–water partition coefficient (Wildman–Crippen LogP) is 2.21. The second kappa shape index (κ2) is 8.84. The first kappa shape index (κ1) is 22.1. The van der Waals surface area contributed by atoms with Crippen molar-refractivity contribution in [3.8, 4) is 0 Å². The Labute approximate surface area is 168 Å². The standard InChI is InChI=1S/C18H27N7O4/c1-7-23-9-14(15(22-23)18(27)19-8-10(2)3)20-17(26)13(6)24-12(5)16(25(28)29)11(4)21-24/h9-10,13H,7-8H2,1-6H3,(H,19,27)(H,20,26). The van der Waals surface area contributed by atoms with Crippen LogP contribution in [-0.2, 0) is 11.3 Å². The van der Waals surface area contributed by atoms with Crippen LogP contribution < -0.4 is 10.6 Å². The SMILES string of the molecule is CCn1cc(NC(=O)C(C)n2nc(C)c([N+](=O)[O-])c2C)c(C(=O)NCC(C)C)n1. The molecule has 1 unspecified atom stereocenters. The summed E-state index contributed by atoms with van der Waals surface area (Å²) >= 11 is 0. The summed E-state index contributed by atoms with van der Waals surface area (Å²) in [6.45, 7) is 11.5. The number of nitrogens with zero attached hydrogens (tertiary/aromatic N) is 5. The van der Waals surface area contributed by atoms with E-state index >= 15 is 0 Å². The molecule has 2 N–H and O–H groups in total. The van der Waals surface area contributed by atoms with Crippen LogP contribution >= 0.6 is 0 Å². The van der Waals surface area contributed by atoms with E-state index < -0.39 is 16.9 Å². The predicted molar refractivity (Wildman–Crippen MR) is 107 cm³/mol. The third-order valence-corrected chi connectivity index (χ3v) is 4.45. The maximum Gasteiger partial charge on any atom is 0.312 e. The topological polar surface area (TPSA) is 137 Å². The molecule has 0 radical (unpaired) electrons. The fourth-order valence-electron chi connectivity index (χ4n) is 2.87. The second-order valence-electron chi connectivity index (χ2n) is 7.24. The monoisotopic (exact) mass is 405 g/mol. The lowest BCUT2D eigenvalue weighted by Gasteiger charge is -2.14. The number of rotatable bonds is 8. The summed E-state index contributed by atoms with van der Waals surface area (Å²) in [4.78, 5) is 35.9. The molecule has 2 aromatic rings. The van der Waals surface area contributed by atoms with Crippen LogP contribution in [0, 0.1) is 29.9 Å². The summed E-state index contributed by atoms with van der Waals surface area (Å²) < 4.78 is 2.87. The zero-order valence-electron chi connectivity index (χ0n) is 17.5. The van der Waals surface area contributed by atoms with Gasteiger partial charge in [-0.3, -0.25) is 29.1 Å². The van der Waals surface area contributed by atoms with Gasteiger partial charge in [0.2, 0.25) is 5.91 Å². The van der Waals surface area contributed by atoms with E-state index in [1.165, 1.54) is 11.6 Å². The molecule has 11 nitrogen and oxygen atoms in total. The molecule has 0 bridgehead atoms. The minimum absolute atomic E-state index is 0.114. The van der Waals surface area contributed by atoms with Gasteiger partial charge in [0.1, 0.15) is 17.4 Å². The minimum atomic E-state index is -0.820. The number of aryl methyl sites for hydroxylation is 2. The lowest BCUT2D eigenvalue weighted by atomic mass is 10.2. The molecule has 158 valence electrons. The van der Waals surface area contributed by atoms with Gasteiger partial charge in [-0.1, -0.05) is 13.8 Å². The zero-order chi connectivity index (χ0) is 21.9. The van der Waals surface area contributed by atoms with Gasteiger partial charge in [-0.05, 0) is 33.6 Å². The molecule has 11 heteroatoms. The van der Waals surface area contributed by atoms with Crippen molar-refractivity contribution in [2.45, 2.75) is 54.1 Å². The van der Waals surface area contributed by atoms with Crippen LogP contribution in [0.25, 0.3) is 0 Å². The highest BCUT2D eigenvalue weighted by Gasteiger charge is 2.28. The summed E-state index contributed by atoms with van der Waals surface area (Å²) in [6, 6.07) is -0.820. The van der Waals surface area contributed by atoms with Gasteiger partial charge in [-0.2, -0.15) is 10.2 Å². The average Bonchev–Trinajstić information content (AvgIpc) is 3.19. The van der Waals surface area contributed by atoms with Crippen LogP contribution in [0.5, 0.6) is 0 Å². The molecule has 0 spiro atoms. The highest BCUT2D eigenvalue weighted by atomic mass is 16.6. The molecule has 0 aliphatic rings. The van der Waals surface area contributed by atoms with Crippen molar-refractivity contribution in [3.63, 3.8) is 0 Å². The van der Waals surface area contributed by atoms with Gasteiger partial charge in [0.05, 0.1) is 10.6 Å². The van der Waals surface area contributed by atoms with Gasteiger partial charge in [-0.25, -0.2) is 0 Å². The lowest BCUT2D eigenvalue weighted by Crippen LogP contribution is -2.30. The third kappa shape index (κ3) is 4.79. The zero-order valence-corrected chi connectivity index (χ0v) is 17.5. The van der Waals surface area contributed by atoms with E-state index in [2.05, 4.69) is 20.8 Å². The molecule has 29 heavy (non-hydrogen) atoms. The van der Waals surface area contributed by atoms with Gasteiger partial charge < -0.3 is 10.6 Å². The fraction of sp³-hybridized carbons (Fsp3) is 0.556. The number of carbonyl (C=O) groups is 2. The molecule has 2 aromatic heterocycles. The summed E-state index contributed by atoms with van der Waals surface area (Å²) in [5, 5.41) is 25.1. The van der Waals surface area contributed by atoms with Crippen LogP contribution in [0.4, 0.5) is 11.4 Å². The number of carbonyl (C=O) groups excluding carboxylic acids is 2. The molecule has 0 saturated carbocycles. The molecule has 1 atom stereocenters. The first-order valence-electron chi connectivity index (χ1n) is 9.43. The summed E-state index contributed by atoms with van der Waals surface area (Å²) in [5.41, 5.74) is 0.805. The highest BCUT2D eigenvalue weighted by molar-refractivity contribution is 6.03. The van der Waals surface area contributed by atoms with Gasteiger partial charge in [-0.15, -0.1) is 0 Å². The quantitative estimate of drug-likeness (QED) is 0.510. The van der Waals surface area contributed by atoms with E-state index in [4.69, 9.17) is 0 Å². The first-order valence-corrected chi connectivity index (χ1v) is 9.43. The lowest BCUT2D eigenvalue weighted by molar-refractivity contribution is -0.386. The van der Waals surface area contributed by atoms with Crippen molar-refractivity contribution in [2.24, 2.45) is 5.92 Å². The molecule has 0 aromatic carbocycles. The summed E-state index contributed by atoms with van der Waals surface area (Å²) in [5.74, 6) is -0.568. The Morgan fingerprint density at radius 1 is 1.24 bits per heavy atom. The second-order valence-corrected chi connectivity index (χ2v) is 7.24. The van der Waals surface area contributed by atoms with Crippen LogP contribution in [0.2, 0.25) is 0 Å². The summed E-state index contributed by atoms with van der Waals surface area (Å²) in [7, 11) is 0. The molecule has 0 fully saturated rings. The number of nitro groups is 1.